The van der Waals surface area contributed by atoms with E-state index >= 15 is 0 Å². The molecule has 0 unspecified atom stereocenters. The van der Waals surface area contributed by atoms with Crippen molar-refractivity contribution in [2.75, 3.05) is 4.90 Å². The number of amidine groups is 1. The highest BCUT2D eigenvalue weighted by atomic mass is 35.5. The van der Waals surface area contributed by atoms with Gasteiger partial charge in [-0.3, -0.25) is 9.69 Å². The molecular formula is C28H18Cl2N2O4S2. The van der Waals surface area contributed by atoms with E-state index in [1.807, 2.05) is 0 Å². The van der Waals surface area contributed by atoms with E-state index in [4.69, 9.17) is 27.4 Å². The molecule has 0 atom stereocenters. The Bertz CT molecular complexity index is 1660. The van der Waals surface area contributed by atoms with Crippen LogP contribution in [-0.2, 0) is 14.9 Å². The number of benzene rings is 4. The van der Waals surface area contributed by atoms with Gasteiger partial charge in [0, 0.05) is 15.6 Å². The smallest absolute Gasteiger partial charge is 0.339 e. The first-order chi connectivity index (χ1) is 18.3. The van der Waals surface area contributed by atoms with E-state index in [1.165, 1.54) is 23.1 Å². The second kappa shape index (κ2) is 11.0. The summed E-state index contributed by atoms with van der Waals surface area (Å²) in [7, 11) is -4.07. The summed E-state index contributed by atoms with van der Waals surface area (Å²) in [5.74, 6) is -0.232. The highest BCUT2D eigenvalue weighted by Crippen LogP contribution is 2.39. The average molecular weight is 582 g/mol. The van der Waals surface area contributed by atoms with E-state index in [2.05, 4.69) is 4.99 Å². The van der Waals surface area contributed by atoms with Gasteiger partial charge in [0.05, 0.1) is 16.3 Å². The maximum absolute atomic E-state index is 13.6. The Morgan fingerprint density at radius 1 is 0.789 bits per heavy atom. The first-order valence-electron chi connectivity index (χ1n) is 11.2. The van der Waals surface area contributed by atoms with Gasteiger partial charge in [0.2, 0.25) is 0 Å². The van der Waals surface area contributed by atoms with Crippen LogP contribution in [-0.4, -0.2) is 19.5 Å². The standard InChI is InChI=1S/C28H18Cl2N2O4S2/c29-20-10-14-22(15-11-20)31-28-32(23-16-12-21(30)13-17-23)27(33)26(37-28)18-19-6-4-5-9-25(19)36-38(34,35)24-7-2-1-3-8-24/h1-18H/b26-18-,31-28?. The molecule has 38 heavy (non-hydrogen) atoms. The van der Waals surface area contributed by atoms with Crippen molar-refractivity contribution in [3.8, 4) is 5.75 Å². The summed E-state index contributed by atoms with van der Waals surface area (Å²) in [5.41, 5.74) is 1.62. The Balaban J connectivity index is 1.53. The van der Waals surface area contributed by atoms with Gasteiger partial charge in [0.25, 0.3) is 5.91 Å². The number of anilines is 1. The third-order valence-corrected chi connectivity index (χ3v) is 8.10. The number of amides is 1. The highest BCUT2D eigenvalue weighted by molar-refractivity contribution is 8.19. The van der Waals surface area contributed by atoms with E-state index in [-0.39, 0.29) is 16.6 Å². The SMILES string of the molecule is O=C1/C(=C/c2ccccc2OS(=O)(=O)c2ccccc2)SC(=Nc2ccc(Cl)cc2)N1c1ccc(Cl)cc1. The van der Waals surface area contributed by atoms with E-state index in [0.717, 1.165) is 11.8 Å². The monoisotopic (exact) mass is 580 g/mol. The van der Waals surface area contributed by atoms with Gasteiger partial charge in [-0.1, -0.05) is 59.6 Å². The van der Waals surface area contributed by atoms with Gasteiger partial charge >= 0.3 is 10.1 Å². The highest BCUT2D eigenvalue weighted by Gasteiger charge is 2.35. The zero-order valence-corrected chi connectivity index (χ0v) is 22.6. The number of carbonyl (C=O) groups is 1. The third kappa shape index (κ3) is 5.79. The van der Waals surface area contributed by atoms with Crippen LogP contribution in [0.25, 0.3) is 6.08 Å². The van der Waals surface area contributed by atoms with Crippen molar-refractivity contribution in [3.63, 3.8) is 0 Å². The van der Waals surface area contributed by atoms with Gasteiger partial charge in [-0.05, 0) is 84.6 Å². The predicted molar refractivity (Wildman–Crippen MR) is 154 cm³/mol. The molecule has 0 aliphatic carbocycles. The molecule has 0 bridgehead atoms. The van der Waals surface area contributed by atoms with E-state index < -0.39 is 10.1 Å². The van der Waals surface area contributed by atoms with Crippen molar-refractivity contribution in [1.82, 2.24) is 0 Å². The summed E-state index contributed by atoms with van der Waals surface area (Å²) in [4.78, 5) is 20.1. The quantitative estimate of drug-likeness (QED) is 0.173. The number of hydrogen-bond donors (Lipinski definition) is 0. The normalized spacial score (nSPS) is 15.8. The summed E-state index contributed by atoms with van der Waals surface area (Å²) < 4.78 is 31.1. The molecule has 0 aromatic heterocycles. The van der Waals surface area contributed by atoms with Crippen LogP contribution >= 0.6 is 35.0 Å². The van der Waals surface area contributed by atoms with Crippen LogP contribution in [0.3, 0.4) is 0 Å². The van der Waals surface area contributed by atoms with Crippen LogP contribution in [0.15, 0.2) is 118 Å². The molecule has 4 aromatic rings. The Morgan fingerprint density at radius 2 is 1.39 bits per heavy atom. The molecular weight excluding hydrogens is 563 g/mol. The summed E-state index contributed by atoms with van der Waals surface area (Å²) in [6.45, 7) is 0. The number of hydrogen-bond acceptors (Lipinski definition) is 6. The number of nitrogens with zero attached hydrogens (tertiary/aromatic N) is 2. The van der Waals surface area contributed by atoms with Crippen molar-refractivity contribution in [2.24, 2.45) is 4.99 Å². The van der Waals surface area contributed by atoms with Crippen LogP contribution < -0.4 is 9.08 Å². The van der Waals surface area contributed by atoms with Gasteiger partial charge in [0.1, 0.15) is 10.6 Å². The molecule has 1 saturated heterocycles. The van der Waals surface area contributed by atoms with Gasteiger partial charge in [-0.15, -0.1) is 0 Å². The van der Waals surface area contributed by atoms with Crippen molar-refractivity contribution in [3.05, 3.63) is 124 Å². The summed E-state index contributed by atoms with van der Waals surface area (Å²) in [6.07, 6.45) is 1.59. The number of carbonyl (C=O) groups excluding carboxylic acids is 1. The third-order valence-electron chi connectivity index (χ3n) is 5.38. The Morgan fingerprint density at radius 3 is 2.08 bits per heavy atom. The molecule has 1 aliphatic heterocycles. The lowest BCUT2D eigenvalue weighted by atomic mass is 10.2. The zero-order chi connectivity index (χ0) is 26.7. The first kappa shape index (κ1) is 26.1. The molecule has 1 amide bonds. The maximum Gasteiger partial charge on any atom is 0.339 e. The van der Waals surface area contributed by atoms with Gasteiger partial charge < -0.3 is 4.18 Å². The fraction of sp³-hybridized carbons (Fsp3) is 0. The minimum Gasteiger partial charge on any atom is -0.378 e. The Labute approximate surface area is 234 Å². The predicted octanol–water partition coefficient (Wildman–Crippen LogP) is 7.57. The summed E-state index contributed by atoms with van der Waals surface area (Å²) in [5, 5.41) is 1.52. The zero-order valence-electron chi connectivity index (χ0n) is 19.5. The minimum atomic E-state index is -4.07. The fourth-order valence-electron chi connectivity index (χ4n) is 3.56. The van der Waals surface area contributed by atoms with Crippen molar-refractivity contribution < 1.29 is 17.4 Å². The van der Waals surface area contributed by atoms with Crippen LogP contribution in [0.2, 0.25) is 10.0 Å². The molecule has 190 valence electrons. The summed E-state index contributed by atoms with van der Waals surface area (Å²) >= 11 is 13.2. The number of thioether (sulfide) groups is 1. The molecule has 1 aliphatic rings. The number of rotatable bonds is 6. The largest absolute Gasteiger partial charge is 0.378 e. The molecule has 10 heteroatoms. The Hall–Kier alpha value is -3.56. The van der Waals surface area contributed by atoms with Crippen LogP contribution in [0.1, 0.15) is 5.56 Å². The second-order valence-electron chi connectivity index (χ2n) is 7.99. The van der Waals surface area contributed by atoms with Crippen LogP contribution in [0.4, 0.5) is 11.4 Å². The lowest BCUT2D eigenvalue weighted by molar-refractivity contribution is -0.113. The molecule has 0 spiro atoms. The second-order valence-corrected chi connectivity index (χ2v) is 11.4. The lowest BCUT2D eigenvalue weighted by Crippen LogP contribution is -2.28. The molecule has 0 saturated carbocycles. The lowest BCUT2D eigenvalue weighted by Gasteiger charge is -2.15. The number of para-hydroxylation sites is 1. The molecule has 5 rings (SSSR count). The molecule has 1 fully saturated rings. The van der Waals surface area contributed by atoms with Crippen LogP contribution in [0, 0.1) is 0 Å². The first-order valence-corrected chi connectivity index (χ1v) is 14.2. The van der Waals surface area contributed by atoms with Crippen LogP contribution in [0.5, 0.6) is 5.75 Å². The molecule has 4 aromatic carbocycles. The molecule has 0 N–H and O–H groups in total. The fourth-order valence-corrected chi connectivity index (χ4v) is 5.78. The van der Waals surface area contributed by atoms with E-state index in [1.54, 1.807) is 91.0 Å². The topological polar surface area (TPSA) is 76.0 Å². The van der Waals surface area contributed by atoms with E-state index in [0.29, 0.717) is 37.1 Å². The number of aliphatic imine (C=N–C) groups is 1. The molecule has 6 nitrogen and oxygen atoms in total. The average Bonchev–Trinajstić information content (AvgIpc) is 3.21. The number of halogens is 2. The van der Waals surface area contributed by atoms with E-state index in [9.17, 15) is 13.2 Å². The molecule has 1 heterocycles. The van der Waals surface area contributed by atoms with Gasteiger partial charge in [-0.2, -0.15) is 8.42 Å². The van der Waals surface area contributed by atoms with Crippen molar-refractivity contribution >= 4 is 73.6 Å². The maximum atomic E-state index is 13.6. The van der Waals surface area contributed by atoms with Crippen molar-refractivity contribution in [2.45, 2.75) is 4.90 Å². The minimum absolute atomic E-state index is 0.0278. The van der Waals surface area contributed by atoms with Gasteiger partial charge in [0.15, 0.2) is 5.17 Å². The summed E-state index contributed by atoms with van der Waals surface area (Å²) in [6, 6.07) is 28.2. The Kier molecular flexibility index (Phi) is 7.58. The van der Waals surface area contributed by atoms with Crippen molar-refractivity contribution in [1.29, 1.82) is 0 Å². The molecule has 0 radical (unpaired) electrons. The van der Waals surface area contributed by atoms with Gasteiger partial charge in [-0.25, -0.2) is 4.99 Å².